The number of rotatable bonds is 1. The van der Waals surface area contributed by atoms with Crippen LogP contribution in [0.5, 0.6) is 0 Å². The van der Waals surface area contributed by atoms with E-state index in [1.807, 2.05) is 23.3 Å². The van der Waals surface area contributed by atoms with Gasteiger partial charge in [-0.1, -0.05) is 12.1 Å². The molecule has 5 heteroatoms. The second kappa shape index (κ2) is 4.91. The average molecular weight is 335 g/mol. The molecule has 0 atom stereocenters. The lowest BCUT2D eigenvalue weighted by atomic mass is 9.92. The molecule has 0 unspecified atom stereocenters. The van der Waals surface area contributed by atoms with Crippen LogP contribution < -0.4 is 10.7 Å². The first kappa shape index (κ1) is 14.6. The summed E-state index contributed by atoms with van der Waals surface area (Å²) in [6.45, 7) is 2.26. The van der Waals surface area contributed by atoms with Crippen molar-refractivity contribution in [2.75, 3.05) is 0 Å². The minimum atomic E-state index is -0.295. The molecule has 5 rings (SSSR count). The highest BCUT2D eigenvalue weighted by molar-refractivity contribution is 5.92. The minimum Gasteiger partial charge on any atom is -0.353 e. The van der Waals surface area contributed by atoms with E-state index in [2.05, 4.69) is 9.98 Å². The lowest BCUT2D eigenvalue weighted by Crippen LogP contribution is -2.48. The molecule has 1 N–H and O–H groups in total. The third-order valence-corrected chi connectivity index (χ3v) is 5.53. The van der Waals surface area contributed by atoms with Gasteiger partial charge in [-0.3, -0.25) is 9.79 Å². The standard InChI is InChI=1S/C20H18FN3O/c1-12(25)24-19(13-3-2-4-14(21)9-13)18-15(10-20(24)6-7-20)16-11-22-8-5-17(16)23-18/h2-5,8-9,23H,6-7,10-11H2,1H3. The Bertz CT molecular complexity index is 1060. The normalized spacial score (nSPS) is 19.4. The monoisotopic (exact) mass is 335 g/mol. The van der Waals surface area contributed by atoms with Gasteiger partial charge in [0.25, 0.3) is 0 Å². The maximum Gasteiger partial charge on any atom is 0.224 e. The van der Waals surface area contributed by atoms with Crippen LogP contribution in [-0.4, -0.2) is 27.5 Å². The largest absolute Gasteiger partial charge is 0.353 e. The number of amides is 1. The lowest BCUT2D eigenvalue weighted by Gasteiger charge is -2.37. The van der Waals surface area contributed by atoms with Gasteiger partial charge >= 0.3 is 0 Å². The molecule has 25 heavy (non-hydrogen) atoms. The zero-order valence-corrected chi connectivity index (χ0v) is 14.0. The summed E-state index contributed by atoms with van der Waals surface area (Å²) in [5.74, 6) is -0.285. The molecule has 1 spiro atoms. The molecule has 1 aromatic carbocycles. The Labute approximate surface area is 144 Å². The first-order valence-electron chi connectivity index (χ1n) is 8.60. The van der Waals surface area contributed by atoms with E-state index >= 15 is 0 Å². The number of carbonyl (C=O) groups excluding carboxylic acids is 1. The Morgan fingerprint density at radius 2 is 2.16 bits per heavy atom. The molecule has 1 aromatic heterocycles. The number of hydrogen-bond donors (Lipinski definition) is 1. The first-order valence-corrected chi connectivity index (χ1v) is 8.60. The van der Waals surface area contributed by atoms with E-state index < -0.39 is 0 Å². The SMILES string of the molecule is CC(=O)N1C(c2cccc(F)c2)=c2[nH]c3c(c2CC12CC2)CN=CC=3. The number of aromatic nitrogens is 1. The molecule has 1 saturated carbocycles. The zero-order valence-electron chi connectivity index (χ0n) is 14.0. The number of aliphatic imine (C=N–C) groups is 1. The van der Waals surface area contributed by atoms with Crippen molar-refractivity contribution in [1.29, 1.82) is 0 Å². The number of nitrogens with one attached hydrogen (secondary N) is 1. The highest BCUT2D eigenvalue weighted by atomic mass is 19.1. The van der Waals surface area contributed by atoms with Crippen LogP contribution in [0, 0.1) is 5.82 Å². The topological polar surface area (TPSA) is 48.5 Å². The van der Waals surface area contributed by atoms with Crippen molar-refractivity contribution < 1.29 is 9.18 Å². The van der Waals surface area contributed by atoms with Gasteiger partial charge in [0.1, 0.15) is 5.82 Å². The Hall–Kier alpha value is -2.69. The van der Waals surface area contributed by atoms with E-state index in [1.54, 1.807) is 13.0 Å². The fraction of sp³-hybridized carbons (Fsp3) is 0.300. The Morgan fingerprint density at radius 3 is 2.88 bits per heavy atom. The second-order valence-electron chi connectivity index (χ2n) is 7.14. The summed E-state index contributed by atoms with van der Waals surface area (Å²) in [7, 11) is 0. The fourth-order valence-corrected chi connectivity index (χ4v) is 4.29. The molecule has 3 aliphatic rings. The van der Waals surface area contributed by atoms with Crippen LogP contribution in [0.1, 0.15) is 36.5 Å². The van der Waals surface area contributed by atoms with Crippen LogP contribution in [0.3, 0.4) is 0 Å². The third-order valence-electron chi connectivity index (χ3n) is 5.53. The molecule has 2 aromatic rings. The van der Waals surface area contributed by atoms with Crippen LogP contribution in [-0.2, 0) is 17.8 Å². The maximum absolute atomic E-state index is 13.9. The molecule has 2 aliphatic heterocycles. The van der Waals surface area contributed by atoms with Gasteiger partial charge < -0.3 is 9.88 Å². The molecule has 0 saturated heterocycles. The van der Waals surface area contributed by atoms with Gasteiger partial charge in [0, 0.05) is 29.6 Å². The van der Waals surface area contributed by atoms with Gasteiger partial charge in [0.05, 0.1) is 23.1 Å². The van der Waals surface area contributed by atoms with Gasteiger partial charge in [-0.15, -0.1) is 0 Å². The average Bonchev–Trinajstić information content (AvgIpc) is 3.25. The van der Waals surface area contributed by atoms with Crippen LogP contribution >= 0.6 is 0 Å². The van der Waals surface area contributed by atoms with Gasteiger partial charge in [-0.2, -0.15) is 0 Å². The number of carbonyl (C=O) groups is 1. The third kappa shape index (κ3) is 2.05. The van der Waals surface area contributed by atoms with Gasteiger partial charge in [-0.25, -0.2) is 4.39 Å². The summed E-state index contributed by atoms with van der Waals surface area (Å²) in [5, 5.41) is 1.99. The summed E-state index contributed by atoms with van der Waals surface area (Å²) < 4.78 is 13.9. The lowest BCUT2D eigenvalue weighted by molar-refractivity contribution is -0.128. The van der Waals surface area contributed by atoms with Crippen LogP contribution in [0.2, 0.25) is 0 Å². The highest BCUT2D eigenvalue weighted by Crippen LogP contribution is 2.49. The van der Waals surface area contributed by atoms with Crippen molar-refractivity contribution in [3.05, 3.63) is 57.5 Å². The van der Waals surface area contributed by atoms with Crippen molar-refractivity contribution in [3.8, 4) is 0 Å². The molecule has 1 amide bonds. The Balaban J connectivity index is 1.88. The number of benzene rings is 1. The smallest absolute Gasteiger partial charge is 0.224 e. The highest BCUT2D eigenvalue weighted by Gasteiger charge is 2.53. The Kier molecular flexibility index (Phi) is 2.87. The van der Waals surface area contributed by atoms with Crippen LogP contribution in [0.4, 0.5) is 4.39 Å². The number of nitrogens with zero attached hydrogens (tertiary/aromatic N) is 2. The molecule has 4 nitrogen and oxygen atoms in total. The quantitative estimate of drug-likeness (QED) is 0.846. The summed E-state index contributed by atoms with van der Waals surface area (Å²) in [4.78, 5) is 22.3. The van der Waals surface area contributed by atoms with Gasteiger partial charge in [0.2, 0.25) is 5.91 Å². The van der Waals surface area contributed by atoms with Crippen molar-refractivity contribution in [1.82, 2.24) is 9.88 Å². The minimum absolute atomic E-state index is 0.00946. The maximum atomic E-state index is 13.9. The second-order valence-corrected chi connectivity index (χ2v) is 7.14. The van der Waals surface area contributed by atoms with E-state index in [-0.39, 0.29) is 17.3 Å². The molecule has 126 valence electrons. The van der Waals surface area contributed by atoms with E-state index in [9.17, 15) is 9.18 Å². The summed E-state index contributed by atoms with van der Waals surface area (Å²) in [6.07, 6.45) is 6.59. The Morgan fingerprint density at radius 1 is 1.32 bits per heavy atom. The van der Waals surface area contributed by atoms with Crippen molar-refractivity contribution >= 4 is 23.9 Å². The molecule has 1 fully saturated rings. The van der Waals surface area contributed by atoms with Gasteiger partial charge in [0.15, 0.2) is 0 Å². The van der Waals surface area contributed by atoms with Crippen LogP contribution in [0.25, 0.3) is 11.8 Å². The molecule has 0 radical (unpaired) electrons. The number of H-pyrrole nitrogens is 1. The number of halogens is 1. The van der Waals surface area contributed by atoms with Crippen molar-refractivity contribution in [3.63, 3.8) is 0 Å². The van der Waals surface area contributed by atoms with E-state index in [0.717, 1.165) is 41.2 Å². The van der Waals surface area contributed by atoms with E-state index in [0.29, 0.717) is 6.54 Å². The van der Waals surface area contributed by atoms with Crippen molar-refractivity contribution in [2.24, 2.45) is 4.99 Å². The number of hydrogen-bond acceptors (Lipinski definition) is 2. The number of fused-ring (bicyclic) bond motifs is 3. The predicted molar refractivity (Wildman–Crippen MR) is 93.8 cm³/mol. The molecule has 0 bridgehead atoms. The predicted octanol–water partition coefficient (Wildman–Crippen LogP) is 1.61. The van der Waals surface area contributed by atoms with Crippen molar-refractivity contribution in [2.45, 2.75) is 38.3 Å². The first-order chi connectivity index (χ1) is 12.1. The molecule has 1 aliphatic carbocycles. The zero-order chi connectivity index (χ0) is 17.2. The summed E-state index contributed by atoms with van der Waals surface area (Å²) in [5.41, 5.74) is 3.83. The van der Waals surface area contributed by atoms with Gasteiger partial charge in [-0.05, 0) is 43.0 Å². The molecular weight excluding hydrogens is 317 g/mol. The summed E-state index contributed by atoms with van der Waals surface area (Å²) in [6, 6.07) is 6.51. The summed E-state index contributed by atoms with van der Waals surface area (Å²) >= 11 is 0. The molecular formula is C20H18FN3O. The van der Waals surface area contributed by atoms with E-state index in [4.69, 9.17) is 0 Å². The van der Waals surface area contributed by atoms with Crippen LogP contribution in [0.15, 0.2) is 29.3 Å². The van der Waals surface area contributed by atoms with E-state index in [1.165, 1.54) is 23.3 Å². The fourth-order valence-electron chi connectivity index (χ4n) is 4.29. The number of aromatic amines is 1. The molecule has 3 heterocycles.